The van der Waals surface area contributed by atoms with Crippen molar-refractivity contribution in [1.82, 2.24) is 24.5 Å². The second-order valence-corrected chi connectivity index (χ2v) is 8.62. The maximum absolute atomic E-state index is 9.52. The van der Waals surface area contributed by atoms with E-state index in [-0.39, 0.29) is 5.56 Å². The summed E-state index contributed by atoms with van der Waals surface area (Å²) in [6.45, 7) is 0. The van der Waals surface area contributed by atoms with Gasteiger partial charge in [0.1, 0.15) is 17.1 Å². The number of rotatable bonds is 6. The second-order valence-electron chi connectivity index (χ2n) is 8.62. The van der Waals surface area contributed by atoms with Gasteiger partial charge in [0.05, 0.1) is 29.3 Å². The van der Waals surface area contributed by atoms with Crippen molar-refractivity contribution in [1.29, 1.82) is 0 Å². The summed E-state index contributed by atoms with van der Waals surface area (Å²) in [6, 6.07) is 17.1. The van der Waals surface area contributed by atoms with Gasteiger partial charge in [-0.25, -0.2) is 15.0 Å². The number of imidazole rings is 1. The molecule has 5 aromatic rings. The summed E-state index contributed by atoms with van der Waals surface area (Å²) in [5, 5.41) is 28.6. The van der Waals surface area contributed by atoms with E-state index in [4.69, 9.17) is 20.4 Å². The Balaban J connectivity index is 1.49. The summed E-state index contributed by atoms with van der Waals surface area (Å²) in [4.78, 5) is 18.3. The minimum absolute atomic E-state index is 0.0792. The molecule has 4 aromatic heterocycles. The molecule has 1 aliphatic carbocycles. The zero-order valence-electron chi connectivity index (χ0n) is 19.0. The maximum Gasteiger partial charge on any atom is 0.304 e. The molecule has 1 aliphatic rings. The average Bonchev–Trinajstić information content (AvgIpc) is 3.61. The summed E-state index contributed by atoms with van der Waals surface area (Å²) in [6.07, 6.45) is 5.74. The summed E-state index contributed by atoms with van der Waals surface area (Å²) in [7, 11) is 0. The Labute approximate surface area is 205 Å². The first kappa shape index (κ1) is 22.1. The Kier molecular flexibility index (Phi) is 5.15. The normalized spacial score (nSPS) is 13.8. The van der Waals surface area contributed by atoms with Crippen LogP contribution in [0.3, 0.4) is 0 Å². The highest BCUT2D eigenvalue weighted by Crippen LogP contribution is 2.32. The summed E-state index contributed by atoms with van der Waals surface area (Å²) in [5.41, 5.74) is 9.81. The number of fused-ring (bicyclic) bond motifs is 1. The molecule has 0 atom stereocenters. The molecule has 36 heavy (non-hydrogen) atoms. The number of anilines is 1. The number of aromatic nitrogens is 5. The first-order valence-electron chi connectivity index (χ1n) is 11.4. The highest BCUT2D eigenvalue weighted by Gasteiger charge is 2.24. The van der Waals surface area contributed by atoms with Gasteiger partial charge in [0.15, 0.2) is 11.5 Å². The van der Waals surface area contributed by atoms with Crippen LogP contribution in [-0.4, -0.2) is 45.9 Å². The topological polar surface area (TPSA) is 152 Å². The SMILES string of the molecule is Nc1ncccc1-c1nc2ccc(-c3ccc(OC4CC4)cn3)nc2n1-c1ccc(C(O)(O)O)cc1. The first-order chi connectivity index (χ1) is 17.4. The van der Waals surface area contributed by atoms with Crippen LogP contribution in [-0.2, 0) is 5.97 Å². The van der Waals surface area contributed by atoms with E-state index >= 15 is 0 Å². The molecule has 180 valence electrons. The minimum Gasteiger partial charge on any atom is -0.489 e. The lowest BCUT2D eigenvalue weighted by Gasteiger charge is -2.15. The molecular weight excluding hydrogens is 460 g/mol. The van der Waals surface area contributed by atoms with Crippen LogP contribution in [0.1, 0.15) is 18.4 Å². The van der Waals surface area contributed by atoms with Crippen LogP contribution < -0.4 is 10.5 Å². The molecule has 1 fully saturated rings. The van der Waals surface area contributed by atoms with Crippen molar-refractivity contribution in [3.8, 4) is 34.2 Å². The maximum atomic E-state index is 9.52. The van der Waals surface area contributed by atoms with Gasteiger partial charge >= 0.3 is 5.97 Å². The van der Waals surface area contributed by atoms with Gasteiger partial charge in [-0.3, -0.25) is 9.55 Å². The van der Waals surface area contributed by atoms with Crippen LogP contribution in [0.25, 0.3) is 39.6 Å². The fourth-order valence-corrected chi connectivity index (χ4v) is 3.95. The van der Waals surface area contributed by atoms with Gasteiger partial charge < -0.3 is 25.8 Å². The Morgan fingerprint density at radius 3 is 2.33 bits per heavy atom. The zero-order chi connectivity index (χ0) is 24.9. The standard InChI is InChI=1S/C26H22N6O4/c27-23-19(2-1-13-28-23)24-31-22-12-11-21(20-10-9-18(14-29-20)36-17-7-8-17)30-25(22)32(24)16-5-3-15(4-6-16)26(33,34)35/h1-6,9-14,17,33-35H,7-8H2,(H2,27,28). The van der Waals surface area contributed by atoms with Crippen molar-refractivity contribution in [2.75, 3.05) is 5.73 Å². The number of ether oxygens (including phenoxy) is 1. The predicted octanol–water partition coefficient (Wildman–Crippen LogP) is 2.76. The van der Waals surface area contributed by atoms with E-state index in [2.05, 4.69) is 9.97 Å². The molecule has 5 N–H and O–H groups in total. The number of benzene rings is 1. The van der Waals surface area contributed by atoms with Crippen molar-refractivity contribution in [3.05, 3.63) is 78.6 Å². The molecule has 4 heterocycles. The number of aliphatic hydroxyl groups is 3. The lowest BCUT2D eigenvalue weighted by molar-refractivity contribution is -0.323. The lowest BCUT2D eigenvalue weighted by Crippen LogP contribution is -2.23. The second kappa shape index (κ2) is 8.38. The van der Waals surface area contributed by atoms with E-state index in [0.29, 0.717) is 51.5 Å². The van der Waals surface area contributed by atoms with E-state index in [0.717, 1.165) is 18.6 Å². The number of hydrogen-bond acceptors (Lipinski definition) is 9. The van der Waals surface area contributed by atoms with Crippen LogP contribution >= 0.6 is 0 Å². The van der Waals surface area contributed by atoms with Crippen LogP contribution in [0.15, 0.2) is 73.1 Å². The quantitative estimate of drug-likeness (QED) is 0.268. The number of pyridine rings is 3. The van der Waals surface area contributed by atoms with E-state index in [9.17, 15) is 15.3 Å². The smallest absolute Gasteiger partial charge is 0.304 e. The third kappa shape index (κ3) is 4.13. The van der Waals surface area contributed by atoms with Gasteiger partial charge in [0.25, 0.3) is 0 Å². The minimum atomic E-state index is -2.95. The summed E-state index contributed by atoms with van der Waals surface area (Å²) >= 11 is 0. The molecule has 6 rings (SSSR count). The van der Waals surface area contributed by atoms with Gasteiger partial charge in [-0.2, -0.15) is 0 Å². The van der Waals surface area contributed by atoms with Gasteiger partial charge in [0, 0.05) is 17.4 Å². The molecule has 0 saturated heterocycles. The largest absolute Gasteiger partial charge is 0.489 e. The molecule has 0 aliphatic heterocycles. The molecule has 0 radical (unpaired) electrons. The van der Waals surface area contributed by atoms with E-state index < -0.39 is 5.97 Å². The summed E-state index contributed by atoms with van der Waals surface area (Å²) in [5.74, 6) is -1.40. The molecule has 1 saturated carbocycles. The van der Waals surface area contributed by atoms with Crippen LogP contribution in [0.4, 0.5) is 5.82 Å². The van der Waals surface area contributed by atoms with Crippen LogP contribution in [0.5, 0.6) is 5.75 Å². The number of nitrogen functional groups attached to an aromatic ring is 1. The molecular formula is C26H22N6O4. The Morgan fingerprint density at radius 1 is 0.889 bits per heavy atom. The third-order valence-corrected chi connectivity index (χ3v) is 5.92. The molecule has 10 nitrogen and oxygen atoms in total. The van der Waals surface area contributed by atoms with Crippen LogP contribution in [0.2, 0.25) is 0 Å². The number of nitrogens with two attached hydrogens (primary N) is 1. The highest BCUT2D eigenvalue weighted by molar-refractivity contribution is 5.84. The Hall–Kier alpha value is -4.38. The Morgan fingerprint density at radius 2 is 1.67 bits per heavy atom. The third-order valence-electron chi connectivity index (χ3n) is 5.92. The zero-order valence-corrected chi connectivity index (χ0v) is 19.0. The van der Waals surface area contributed by atoms with Crippen molar-refractivity contribution in [2.45, 2.75) is 24.9 Å². The van der Waals surface area contributed by atoms with Crippen molar-refractivity contribution in [3.63, 3.8) is 0 Å². The fraction of sp³-hybridized carbons (Fsp3) is 0.154. The fourth-order valence-electron chi connectivity index (χ4n) is 3.95. The van der Waals surface area contributed by atoms with E-state index in [1.165, 1.54) is 12.1 Å². The summed E-state index contributed by atoms with van der Waals surface area (Å²) < 4.78 is 7.59. The van der Waals surface area contributed by atoms with Crippen molar-refractivity contribution < 1.29 is 20.1 Å². The molecule has 0 amide bonds. The van der Waals surface area contributed by atoms with E-state index in [1.54, 1.807) is 35.2 Å². The monoisotopic (exact) mass is 482 g/mol. The van der Waals surface area contributed by atoms with Crippen molar-refractivity contribution >= 4 is 17.0 Å². The number of nitrogens with zero attached hydrogens (tertiary/aromatic N) is 5. The van der Waals surface area contributed by atoms with Gasteiger partial charge in [-0.15, -0.1) is 0 Å². The molecule has 1 aromatic carbocycles. The van der Waals surface area contributed by atoms with Gasteiger partial charge in [-0.05, 0) is 73.5 Å². The van der Waals surface area contributed by atoms with Gasteiger partial charge in [-0.1, -0.05) is 0 Å². The predicted molar refractivity (Wildman–Crippen MR) is 132 cm³/mol. The Bertz CT molecular complexity index is 1550. The molecule has 10 heteroatoms. The number of hydrogen-bond donors (Lipinski definition) is 4. The average molecular weight is 483 g/mol. The lowest BCUT2D eigenvalue weighted by atomic mass is 10.1. The van der Waals surface area contributed by atoms with Crippen LogP contribution in [0, 0.1) is 0 Å². The molecule has 0 spiro atoms. The first-order valence-corrected chi connectivity index (χ1v) is 11.4. The molecule has 0 unspecified atom stereocenters. The highest BCUT2D eigenvalue weighted by atomic mass is 16.7. The van der Waals surface area contributed by atoms with E-state index in [1.807, 2.05) is 30.3 Å². The van der Waals surface area contributed by atoms with Gasteiger partial charge in [0.2, 0.25) is 0 Å². The molecule has 0 bridgehead atoms. The van der Waals surface area contributed by atoms with Crippen molar-refractivity contribution in [2.24, 2.45) is 0 Å².